The Labute approximate surface area is 248 Å². The molecular formula is C34H38N6O2. The average Bonchev–Trinajstić information content (AvgIpc) is 3.04. The van der Waals surface area contributed by atoms with Crippen LogP contribution in [0.5, 0.6) is 0 Å². The molecule has 4 rings (SSSR count). The van der Waals surface area contributed by atoms with Crippen LogP contribution in [0.3, 0.4) is 0 Å². The van der Waals surface area contributed by atoms with Gasteiger partial charge >= 0.3 is 0 Å². The third kappa shape index (κ3) is 9.47. The minimum Gasteiger partial charge on any atom is -0.383 e. The monoisotopic (exact) mass is 562 g/mol. The highest BCUT2D eigenvalue weighted by atomic mass is 16.5. The SMILES string of the molecule is COCCN(C)c1ccc(N=Nc2ccc(/C=C/c3ccc(N=Nc4ccc(N(C)CCOC)cc4)cc3)cc2)cc1. The van der Waals surface area contributed by atoms with Gasteiger partial charge in [0, 0.05) is 52.8 Å². The summed E-state index contributed by atoms with van der Waals surface area (Å²) in [5, 5.41) is 17.5. The van der Waals surface area contributed by atoms with Crippen LogP contribution in [0, 0.1) is 0 Å². The average molecular weight is 563 g/mol. The van der Waals surface area contributed by atoms with Crippen LogP contribution in [0.1, 0.15) is 11.1 Å². The molecule has 0 aromatic heterocycles. The summed E-state index contributed by atoms with van der Waals surface area (Å²) in [5.74, 6) is 0. The van der Waals surface area contributed by atoms with Crippen LogP contribution in [0.4, 0.5) is 34.1 Å². The Hall–Kier alpha value is -4.66. The molecule has 42 heavy (non-hydrogen) atoms. The summed E-state index contributed by atoms with van der Waals surface area (Å²) in [6, 6.07) is 32.0. The molecule has 216 valence electrons. The standard InChI is InChI=1S/C34H38N6O2/c1-39(23-25-41-3)33-19-15-31(16-20-33)37-35-29-11-7-27(8-12-29)5-6-28-9-13-30(14-10-28)36-38-32-17-21-34(22-18-32)40(2)24-26-42-4/h5-22H,23-26H2,1-4H3/b6-5+,37-35?,38-36?. The van der Waals surface area contributed by atoms with Gasteiger partial charge in [-0.3, -0.25) is 0 Å². The predicted molar refractivity (Wildman–Crippen MR) is 173 cm³/mol. The van der Waals surface area contributed by atoms with Crippen molar-refractivity contribution in [1.29, 1.82) is 0 Å². The first-order valence-corrected chi connectivity index (χ1v) is 13.9. The van der Waals surface area contributed by atoms with Gasteiger partial charge in [0.25, 0.3) is 0 Å². The fraction of sp³-hybridized carbons (Fsp3) is 0.235. The zero-order valence-electron chi connectivity index (χ0n) is 24.7. The van der Waals surface area contributed by atoms with Crippen LogP contribution in [-0.2, 0) is 9.47 Å². The number of methoxy groups -OCH3 is 2. The third-order valence-electron chi connectivity index (χ3n) is 6.66. The molecule has 8 nitrogen and oxygen atoms in total. The van der Waals surface area contributed by atoms with E-state index in [0.717, 1.165) is 58.3 Å². The number of likely N-dealkylation sites (N-methyl/N-ethyl adjacent to an activating group) is 2. The molecule has 0 bridgehead atoms. The van der Waals surface area contributed by atoms with E-state index in [0.29, 0.717) is 13.2 Å². The lowest BCUT2D eigenvalue weighted by atomic mass is 10.1. The minimum absolute atomic E-state index is 0.688. The van der Waals surface area contributed by atoms with Crippen molar-refractivity contribution < 1.29 is 9.47 Å². The van der Waals surface area contributed by atoms with Gasteiger partial charge < -0.3 is 19.3 Å². The first kappa shape index (κ1) is 30.3. The summed E-state index contributed by atoms with van der Waals surface area (Å²) in [6.45, 7) is 3.04. The maximum absolute atomic E-state index is 5.14. The number of nitrogens with zero attached hydrogens (tertiary/aromatic N) is 6. The molecule has 0 aliphatic carbocycles. The fourth-order valence-electron chi connectivity index (χ4n) is 3.99. The van der Waals surface area contributed by atoms with E-state index in [1.54, 1.807) is 14.2 Å². The second kappa shape index (κ2) is 16.0. The van der Waals surface area contributed by atoms with Gasteiger partial charge in [-0.2, -0.15) is 20.5 Å². The number of benzene rings is 4. The van der Waals surface area contributed by atoms with E-state index in [1.807, 2.05) is 111 Å². The molecule has 0 amide bonds. The van der Waals surface area contributed by atoms with E-state index in [4.69, 9.17) is 9.47 Å². The van der Waals surface area contributed by atoms with Gasteiger partial charge in [-0.15, -0.1) is 0 Å². The number of hydrogen-bond acceptors (Lipinski definition) is 8. The summed E-state index contributed by atoms with van der Waals surface area (Å²) in [4.78, 5) is 4.28. The van der Waals surface area contributed by atoms with Gasteiger partial charge in [0.15, 0.2) is 0 Å². The zero-order valence-corrected chi connectivity index (χ0v) is 24.7. The van der Waals surface area contributed by atoms with Gasteiger partial charge in [0.05, 0.1) is 36.0 Å². The van der Waals surface area contributed by atoms with Gasteiger partial charge in [0.2, 0.25) is 0 Å². The first-order valence-electron chi connectivity index (χ1n) is 13.9. The number of hydrogen-bond donors (Lipinski definition) is 0. The van der Waals surface area contributed by atoms with E-state index in [1.165, 1.54) is 0 Å². The molecule has 0 saturated heterocycles. The Balaban J connectivity index is 1.27. The Morgan fingerprint density at radius 2 is 0.762 bits per heavy atom. The highest BCUT2D eigenvalue weighted by Crippen LogP contribution is 2.24. The van der Waals surface area contributed by atoms with Crippen molar-refractivity contribution in [3.8, 4) is 0 Å². The zero-order chi connectivity index (χ0) is 29.6. The van der Waals surface area contributed by atoms with Gasteiger partial charge in [-0.05, 0) is 83.9 Å². The fourth-order valence-corrected chi connectivity index (χ4v) is 3.99. The lowest BCUT2D eigenvalue weighted by molar-refractivity contribution is 0.206. The van der Waals surface area contributed by atoms with Crippen LogP contribution in [0.15, 0.2) is 118 Å². The second-order valence-corrected chi connectivity index (χ2v) is 9.78. The maximum atomic E-state index is 5.14. The van der Waals surface area contributed by atoms with Crippen molar-refractivity contribution in [1.82, 2.24) is 0 Å². The number of azo groups is 2. The largest absolute Gasteiger partial charge is 0.383 e. The quantitative estimate of drug-likeness (QED) is 0.114. The summed E-state index contributed by atoms with van der Waals surface area (Å²) < 4.78 is 10.3. The number of anilines is 2. The normalized spacial score (nSPS) is 11.6. The third-order valence-corrected chi connectivity index (χ3v) is 6.66. The van der Waals surface area contributed by atoms with Crippen molar-refractivity contribution in [2.75, 3.05) is 64.4 Å². The molecule has 0 spiro atoms. The molecule has 8 heteroatoms. The molecule has 0 unspecified atom stereocenters. The molecule has 0 heterocycles. The molecule has 0 atom stereocenters. The van der Waals surface area contributed by atoms with Gasteiger partial charge in [-0.25, -0.2) is 0 Å². The first-order chi connectivity index (χ1) is 20.5. The maximum Gasteiger partial charge on any atom is 0.0858 e. The molecule has 0 N–H and O–H groups in total. The Morgan fingerprint density at radius 3 is 1.05 bits per heavy atom. The van der Waals surface area contributed by atoms with Crippen LogP contribution in [-0.4, -0.2) is 54.6 Å². The highest BCUT2D eigenvalue weighted by molar-refractivity contribution is 5.70. The molecule has 4 aromatic rings. The Morgan fingerprint density at radius 1 is 0.476 bits per heavy atom. The van der Waals surface area contributed by atoms with E-state index >= 15 is 0 Å². The van der Waals surface area contributed by atoms with Crippen molar-refractivity contribution in [3.63, 3.8) is 0 Å². The van der Waals surface area contributed by atoms with Crippen LogP contribution in [0.25, 0.3) is 12.2 Å². The molecule has 0 saturated carbocycles. The molecule has 4 aromatic carbocycles. The minimum atomic E-state index is 0.688. The predicted octanol–water partition coefficient (Wildman–Crippen LogP) is 8.85. The van der Waals surface area contributed by atoms with Crippen LogP contribution in [0.2, 0.25) is 0 Å². The van der Waals surface area contributed by atoms with E-state index in [9.17, 15) is 0 Å². The molecule has 0 aliphatic rings. The lowest BCUT2D eigenvalue weighted by Crippen LogP contribution is -2.21. The Bertz CT molecular complexity index is 1340. The summed E-state index contributed by atoms with van der Waals surface area (Å²) in [5.41, 5.74) is 7.62. The number of rotatable bonds is 14. The van der Waals surface area contributed by atoms with E-state index < -0.39 is 0 Å². The van der Waals surface area contributed by atoms with Gasteiger partial charge in [-0.1, -0.05) is 36.4 Å². The summed E-state index contributed by atoms with van der Waals surface area (Å²) in [6.07, 6.45) is 4.14. The van der Waals surface area contributed by atoms with Crippen LogP contribution < -0.4 is 9.80 Å². The van der Waals surface area contributed by atoms with Crippen molar-refractivity contribution in [2.45, 2.75) is 0 Å². The van der Waals surface area contributed by atoms with Crippen molar-refractivity contribution in [3.05, 3.63) is 108 Å². The van der Waals surface area contributed by atoms with Gasteiger partial charge in [0.1, 0.15) is 0 Å². The summed E-state index contributed by atoms with van der Waals surface area (Å²) in [7, 11) is 7.50. The molecule has 0 fully saturated rings. The lowest BCUT2D eigenvalue weighted by Gasteiger charge is -2.18. The molecular weight excluding hydrogens is 524 g/mol. The van der Waals surface area contributed by atoms with E-state index in [2.05, 4.69) is 42.4 Å². The second-order valence-electron chi connectivity index (χ2n) is 9.78. The molecule has 0 radical (unpaired) electrons. The van der Waals surface area contributed by atoms with Crippen molar-refractivity contribution in [2.24, 2.45) is 20.5 Å². The Kier molecular flexibility index (Phi) is 11.5. The smallest absolute Gasteiger partial charge is 0.0858 e. The number of ether oxygens (including phenoxy) is 2. The molecule has 0 aliphatic heterocycles. The van der Waals surface area contributed by atoms with Crippen LogP contribution >= 0.6 is 0 Å². The topological polar surface area (TPSA) is 74.4 Å². The highest BCUT2D eigenvalue weighted by Gasteiger charge is 2.02. The van der Waals surface area contributed by atoms with E-state index in [-0.39, 0.29) is 0 Å². The van der Waals surface area contributed by atoms with Crippen molar-refractivity contribution >= 4 is 46.3 Å². The summed E-state index contributed by atoms with van der Waals surface area (Å²) >= 11 is 0.